The number of hydrogen-bond donors (Lipinski definition) is 0. The van der Waals surface area contributed by atoms with Gasteiger partial charge in [-0.1, -0.05) is 41.0 Å². The minimum atomic E-state index is -0.330. The van der Waals surface area contributed by atoms with Crippen molar-refractivity contribution in [3.63, 3.8) is 0 Å². The van der Waals surface area contributed by atoms with Crippen molar-refractivity contribution in [2.24, 2.45) is 5.10 Å². The van der Waals surface area contributed by atoms with Crippen LogP contribution in [0, 0.1) is 6.92 Å². The lowest BCUT2D eigenvalue weighted by Gasteiger charge is -2.04. The van der Waals surface area contributed by atoms with Gasteiger partial charge >= 0.3 is 0 Å². The average Bonchev–Trinajstić information content (AvgIpc) is 2.42. The van der Waals surface area contributed by atoms with Crippen LogP contribution < -0.4 is 5.56 Å². The summed E-state index contributed by atoms with van der Waals surface area (Å²) in [6.07, 6.45) is 3.22. The van der Waals surface area contributed by atoms with Crippen molar-refractivity contribution >= 4 is 41.2 Å². The molecule has 0 aliphatic heterocycles. The maximum absolute atomic E-state index is 12.0. The number of nitrogens with zero attached hydrogens (tertiary/aromatic N) is 4. The van der Waals surface area contributed by atoms with Crippen LogP contribution in [-0.2, 0) is 0 Å². The fraction of sp³-hybridized carbons (Fsp3) is 0.167. The zero-order chi connectivity index (χ0) is 14.7. The average molecular weight is 329 g/mol. The quantitative estimate of drug-likeness (QED) is 0.642. The molecule has 0 unspecified atom stereocenters. The van der Waals surface area contributed by atoms with Gasteiger partial charge in [0.15, 0.2) is 0 Å². The van der Waals surface area contributed by atoms with Crippen LogP contribution in [0.3, 0.4) is 0 Å². The van der Waals surface area contributed by atoms with E-state index < -0.39 is 0 Å². The Bertz CT molecular complexity index is 710. The summed E-state index contributed by atoms with van der Waals surface area (Å²) in [6, 6.07) is 5.13. The van der Waals surface area contributed by atoms with Gasteiger partial charge in [0.1, 0.15) is 5.69 Å². The Balaban J connectivity index is 2.52. The molecular weight excluding hydrogens is 319 g/mol. The van der Waals surface area contributed by atoms with Crippen LogP contribution in [0.15, 0.2) is 33.3 Å². The summed E-state index contributed by atoms with van der Waals surface area (Å²) in [5, 5.41) is 13.1. The number of aromatic nitrogens is 3. The molecule has 2 aromatic rings. The first-order valence-corrected chi connectivity index (χ1v) is 7.51. The van der Waals surface area contributed by atoms with E-state index in [1.165, 1.54) is 22.7 Å². The van der Waals surface area contributed by atoms with E-state index in [0.29, 0.717) is 20.8 Å². The number of rotatable bonds is 3. The van der Waals surface area contributed by atoms with Gasteiger partial charge in [-0.25, -0.2) is 0 Å². The molecule has 8 heteroatoms. The summed E-state index contributed by atoms with van der Waals surface area (Å²) in [5.74, 6) is 0. The van der Waals surface area contributed by atoms with Crippen LogP contribution in [0.4, 0.5) is 0 Å². The standard InChI is InChI=1S/C12H10Cl2N4OS/c1-7-11(19)18(12(20-2)17-16-7)15-6-8-9(13)4-3-5-10(8)14/h3-6H,1-2H3/b15-6-. The van der Waals surface area contributed by atoms with Gasteiger partial charge in [0.2, 0.25) is 5.16 Å². The number of thioether (sulfide) groups is 1. The molecule has 1 aromatic carbocycles. The maximum Gasteiger partial charge on any atom is 0.296 e. The third-order valence-electron chi connectivity index (χ3n) is 2.45. The van der Waals surface area contributed by atoms with Gasteiger partial charge in [0, 0.05) is 5.56 Å². The largest absolute Gasteiger partial charge is 0.296 e. The smallest absolute Gasteiger partial charge is 0.265 e. The first-order chi connectivity index (χ1) is 9.54. The molecule has 5 nitrogen and oxygen atoms in total. The van der Waals surface area contributed by atoms with Crippen LogP contribution in [0.2, 0.25) is 10.0 Å². The predicted octanol–water partition coefficient (Wildman–Crippen LogP) is 2.86. The van der Waals surface area contributed by atoms with Crippen LogP contribution in [0.5, 0.6) is 0 Å². The summed E-state index contributed by atoms with van der Waals surface area (Å²) in [5.41, 5.74) is 0.484. The van der Waals surface area contributed by atoms with Gasteiger partial charge in [-0.2, -0.15) is 9.78 Å². The number of halogens is 2. The summed E-state index contributed by atoms with van der Waals surface area (Å²) in [4.78, 5) is 12.0. The van der Waals surface area contributed by atoms with E-state index in [1.54, 1.807) is 31.4 Å². The molecule has 0 saturated heterocycles. The second-order valence-corrected chi connectivity index (χ2v) is 5.36. The normalized spacial score (nSPS) is 11.2. The minimum absolute atomic E-state index is 0.269. The van der Waals surface area contributed by atoms with Crippen molar-refractivity contribution in [3.8, 4) is 0 Å². The highest BCUT2D eigenvalue weighted by atomic mass is 35.5. The third kappa shape index (κ3) is 3.03. The Labute approximate surface area is 129 Å². The zero-order valence-corrected chi connectivity index (χ0v) is 13.0. The Hall–Kier alpha value is -1.37. The number of hydrogen-bond acceptors (Lipinski definition) is 5. The molecule has 0 aliphatic carbocycles. The van der Waals surface area contributed by atoms with Gasteiger partial charge in [0.05, 0.1) is 16.3 Å². The SMILES string of the molecule is CSc1nnc(C)c(=O)n1/N=C\c1c(Cl)cccc1Cl. The van der Waals surface area contributed by atoms with Crippen molar-refractivity contribution in [3.05, 3.63) is 49.9 Å². The molecule has 0 bridgehead atoms. The fourth-order valence-corrected chi connectivity index (χ4v) is 2.34. The van der Waals surface area contributed by atoms with Gasteiger partial charge < -0.3 is 0 Å². The third-order valence-corrected chi connectivity index (χ3v) is 3.73. The first-order valence-electron chi connectivity index (χ1n) is 5.53. The lowest BCUT2D eigenvalue weighted by atomic mass is 10.2. The van der Waals surface area contributed by atoms with Crippen molar-refractivity contribution < 1.29 is 0 Å². The van der Waals surface area contributed by atoms with Gasteiger partial charge in [-0.15, -0.1) is 10.2 Å². The van der Waals surface area contributed by atoms with E-state index in [9.17, 15) is 4.79 Å². The van der Waals surface area contributed by atoms with Crippen molar-refractivity contribution in [1.29, 1.82) is 0 Å². The molecule has 1 heterocycles. The number of benzene rings is 1. The maximum atomic E-state index is 12.0. The molecule has 1 aromatic heterocycles. The Morgan fingerprint density at radius 2 is 1.95 bits per heavy atom. The van der Waals surface area contributed by atoms with Gasteiger partial charge in [-0.05, 0) is 25.3 Å². The number of aryl methyl sites for hydroxylation is 1. The van der Waals surface area contributed by atoms with Crippen LogP contribution in [0.25, 0.3) is 0 Å². The van der Waals surface area contributed by atoms with Gasteiger partial charge in [0.25, 0.3) is 5.56 Å². The molecular formula is C12H10Cl2N4OS. The molecule has 20 heavy (non-hydrogen) atoms. The molecule has 0 saturated carbocycles. The summed E-state index contributed by atoms with van der Waals surface area (Å²) in [6.45, 7) is 1.58. The Morgan fingerprint density at radius 1 is 1.30 bits per heavy atom. The highest BCUT2D eigenvalue weighted by Gasteiger charge is 2.08. The van der Waals surface area contributed by atoms with Crippen molar-refractivity contribution in [2.45, 2.75) is 12.1 Å². The molecule has 0 radical (unpaired) electrons. The predicted molar refractivity (Wildman–Crippen MR) is 82.3 cm³/mol. The minimum Gasteiger partial charge on any atom is -0.265 e. The first kappa shape index (κ1) is 15.0. The summed E-state index contributed by atoms with van der Waals surface area (Å²) >= 11 is 13.4. The summed E-state index contributed by atoms with van der Waals surface area (Å²) in [7, 11) is 0. The lowest BCUT2D eigenvalue weighted by Crippen LogP contribution is -2.23. The van der Waals surface area contributed by atoms with Crippen LogP contribution in [0.1, 0.15) is 11.3 Å². The lowest BCUT2D eigenvalue weighted by molar-refractivity contribution is 0.635. The molecule has 0 spiro atoms. The Morgan fingerprint density at radius 3 is 2.55 bits per heavy atom. The molecule has 2 rings (SSSR count). The summed E-state index contributed by atoms with van der Waals surface area (Å²) < 4.78 is 1.17. The van der Waals surface area contributed by atoms with Gasteiger partial charge in [-0.3, -0.25) is 4.79 Å². The zero-order valence-electron chi connectivity index (χ0n) is 10.7. The van der Waals surface area contributed by atoms with Crippen molar-refractivity contribution in [1.82, 2.24) is 14.9 Å². The van der Waals surface area contributed by atoms with E-state index in [-0.39, 0.29) is 11.3 Å². The van der Waals surface area contributed by atoms with E-state index in [2.05, 4.69) is 15.3 Å². The second kappa shape index (κ2) is 6.39. The monoisotopic (exact) mass is 328 g/mol. The second-order valence-electron chi connectivity index (χ2n) is 3.77. The van der Waals surface area contributed by atoms with E-state index >= 15 is 0 Å². The van der Waals surface area contributed by atoms with Crippen LogP contribution in [-0.4, -0.2) is 27.3 Å². The molecule has 0 amide bonds. The molecule has 0 aliphatic rings. The topological polar surface area (TPSA) is 60.1 Å². The van der Waals surface area contributed by atoms with Crippen LogP contribution >= 0.6 is 35.0 Å². The van der Waals surface area contributed by atoms with Crippen molar-refractivity contribution in [2.75, 3.05) is 6.26 Å². The molecule has 0 fully saturated rings. The fourth-order valence-electron chi connectivity index (χ4n) is 1.42. The molecule has 0 N–H and O–H groups in total. The molecule has 0 atom stereocenters. The van der Waals surface area contributed by atoms with E-state index in [4.69, 9.17) is 23.2 Å². The highest BCUT2D eigenvalue weighted by molar-refractivity contribution is 7.98. The Kier molecular flexibility index (Phi) is 4.80. The van der Waals surface area contributed by atoms with E-state index in [1.807, 2.05) is 0 Å². The van der Waals surface area contributed by atoms with E-state index in [0.717, 1.165) is 0 Å². The highest BCUT2D eigenvalue weighted by Crippen LogP contribution is 2.22. The molecule has 104 valence electrons.